The monoisotopic (exact) mass is 545 g/mol. The van der Waals surface area contributed by atoms with E-state index >= 15 is 0 Å². The Hall–Kier alpha value is -2.77. The highest BCUT2D eigenvalue weighted by molar-refractivity contribution is 6.36. The average Bonchev–Trinajstić information content (AvgIpc) is 3.14. The molecule has 37 heavy (non-hydrogen) atoms. The van der Waals surface area contributed by atoms with E-state index in [-0.39, 0.29) is 11.8 Å². The summed E-state index contributed by atoms with van der Waals surface area (Å²) in [5.41, 5.74) is 4.15. The Kier molecular flexibility index (Phi) is 9.13. The van der Waals surface area contributed by atoms with Gasteiger partial charge >= 0.3 is 0 Å². The molecule has 200 valence electrons. The Morgan fingerprint density at radius 1 is 1.11 bits per heavy atom. The molecule has 0 bridgehead atoms. The maximum Gasteiger partial charge on any atom is 0.253 e. The second kappa shape index (κ2) is 11.7. The maximum absolute atomic E-state index is 12.9. The number of rotatable bonds is 9. The predicted molar refractivity (Wildman–Crippen MR) is 153 cm³/mol. The summed E-state index contributed by atoms with van der Waals surface area (Å²) in [6.45, 7) is 11.3. The molecule has 2 amide bonds. The number of imidazole rings is 1. The molecule has 1 heterocycles. The van der Waals surface area contributed by atoms with Gasteiger partial charge < -0.3 is 20.1 Å². The van der Waals surface area contributed by atoms with Crippen molar-refractivity contribution in [1.29, 1.82) is 0 Å². The summed E-state index contributed by atoms with van der Waals surface area (Å²) < 4.78 is 2.01. The zero-order valence-corrected chi connectivity index (χ0v) is 24.3. The summed E-state index contributed by atoms with van der Waals surface area (Å²) in [5.74, 6) is 0.597. The Labute approximate surface area is 229 Å². The second-order valence-electron chi connectivity index (χ2n) is 10.3. The minimum Gasteiger partial charge on any atom is -0.374 e. The number of halogens is 2. The molecule has 0 unspecified atom stereocenters. The van der Waals surface area contributed by atoms with Crippen LogP contribution in [0.3, 0.4) is 0 Å². The van der Waals surface area contributed by atoms with Gasteiger partial charge in [0.15, 0.2) is 0 Å². The predicted octanol–water partition coefficient (Wildman–Crippen LogP) is 5.73. The molecule has 0 saturated heterocycles. The fourth-order valence-corrected chi connectivity index (χ4v) is 4.76. The van der Waals surface area contributed by atoms with Crippen LogP contribution in [0.25, 0.3) is 11.0 Å². The lowest BCUT2D eigenvalue weighted by atomic mass is 9.95. The summed E-state index contributed by atoms with van der Waals surface area (Å²) in [6.07, 6.45) is 1.37. The molecule has 2 N–H and O–H groups in total. The zero-order chi connectivity index (χ0) is 27.5. The number of nitrogens with zero attached hydrogens (tertiary/aromatic N) is 3. The Balaban J connectivity index is 2.01. The van der Waals surface area contributed by atoms with Gasteiger partial charge in [0.25, 0.3) is 5.91 Å². The third-order valence-electron chi connectivity index (χ3n) is 6.36. The van der Waals surface area contributed by atoms with Crippen LogP contribution >= 0.6 is 23.2 Å². The number of aryl methyl sites for hydroxylation is 1. The van der Waals surface area contributed by atoms with E-state index in [4.69, 9.17) is 28.2 Å². The third-order valence-corrected chi connectivity index (χ3v) is 7.19. The minimum absolute atomic E-state index is 0.0535. The first kappa shape index (κ1) is 28.8. The van der Waals surface area contributed by atoms with Gasteiger partial charge in [0.2, 0.25) is 5.91 Å². The SMILES string of the molecule is CCCN(C)c1cc2c(cc1C(=O)NCC)nc(Cc1c(Cl)ccc(CNC(=O)C(C)(C)C)c1Cl)n2C. The van der Waals surface area contributed by atoms with Crippen LogP contribution in [-0.2, 0) is 24.8 Å². The zero-order valence-electron chi connectivity index (χ0n) is 22.8. The summed E-state index contributed by atoms with van der Waals surface area (Å²) in [6, 6.07) is 7.51. The van der Waals surface area contributed by atoms with Crippen molar-refractivity contribution in [2.24, 2.45) is 12.5 Å². The summed E-state index contributed by atoms with van der Waals surface area (Å²) in [4.78, 5) is 32.2. The molecule has 3 aromatic rings. The Bertz CT molecular complexity index is 1310. The van der Waals surface area contributed by atoms with Gasteiger partial charge in [-0.15, -0.1) is 0 Å². The molecule has 9 heteroatoms. The van der Waals surface area contributed by atoms with E-state index in [9.17, 15) is 9.59 Å². The molecule has 1 aromatic heterocycles. The molecule has 0 aliphatic heterocycles. The number of benzene rings is 2. The highest BCUT2D eigenvalue weighted by Crippen LogP contribution is 2.32. The van der Waals surface area contributed by atoms with Crippen molar-refractivity contribution >= 4 is 51.7 Å². The first-order valence-corrected chi connectivity index (χ1v) is 13.4. The number of anilines is 1. The summed E-state index contributed by atoms with van der Waals surface area (Å²) in [7, 11) is 3.95. The van der Waals surface area contributed by atoms with Gasteiger partial charge in [-0.25, -0.2) is 4.98 Å². The normalized spacial score (nSPS) is 11.6. The van der Waals surface area contributed by atoms with Gasteiger partial charge in [-0.05, 0) is 42.7 Å². The fraction of sp³-hybridized carbons (Fsp3) is 0.464. The van der Waals surface area contributed by atoms with E-state index in [0.29, 0.717) is 35.1 Å². The first-order chi connectivity index (χ1) is 17.4. The van der Waals surface area contributed by atoms with Crippen LogP contribution in [0, 0.1) is 5.41 Å². The molecular weight excluding hydrogens is 509 g/mol. The summed E-state index contributed by atoms with van der Waals surface area (Å²) >= 11 is 13.4. The molecule has 0 atom stereocenters. The number of hydrogen-bond acceptors (Lipinski definition) is 4. The van der Waals surface area contributed by atoms with Crippen molar-refractivity contribution in [3.8, 4) is 0 Å². The van der Waals surface area contributed by atoms with Crippen LogP contribution in [0.5, 0.6) is 0 Å². The van der Waals surface area contributed by atoms with E-state index in [1.54, 1.807) is 6.07 Å². The molecule has 3 rings (SSSR count). The smallest absolute Gasteiger partial charge is 0.253 e. The van der Waals surface area contributed by atoms with E-state index in [0.717, 1.165) is 46.6 Å². The number of fused-ring (bicyclic) bond motifs is 1. The quantitative estimate of drug-likeness (QED) is 0.359. The Morgan fingerprint density at radius 2 is 1.81 bits per heavy atom. The minimum atomic E-state index is -0.494. The maximum atomic E-state index is 12.9. The van der Waals surface area contributed by atoms with E-state index in [1.807, 2.05) is 64.6 Å². The van der Waals surface area contributed by atoms with Crippen molar-refractivity contribution in [3.63, 3.8) is 0 Å². The number of hydrogen-bond donors (Lipinski definition) is 2. The van der Waals surface area contributed by atoms with Crippen LogP contribution < -0.4 is 15.5 Å². The second-order valence-corrected chi connectivity index (χ2v) is 11.1. The number of amides is 2. The number of nitrogens with one attached hydrogen (secondary N) is 2. The standard InChI is InChI=1S/C28H37Cl2N5O2/c1-8-12-34(6)22-15-23-21(13-19(22)26(36)31-9-2)33-24(35(23)7)14-18-20(29)11-10-17(25(18)30)16-32-27(37)28(3,4)5/h10-11,13,15H,8-9,12,14,16H2,1-7H3,(H,31,36)(H,32,37). The molecule has 0 saturated carbocycles. The van der Waals surface area contributed by atoms with Gasteiger partial charge in [0, 0.05) is 50.6 Å². The van der Waals surface area contributed by atoms with Crippen LogP contribution in [-0.4, -0.2) is 41.5 Å². The van der Waals surface area contributed by atoms with Gasteiger partial charge in [0.1, 0.15) is 5.82 Å². The van der Waals surface area contributed by atoms with Crippen LogP contribution in [0.1, 0.15) is 68.3 Å². The molecule has 2 aromatic carbocycles. The largest absolute Gasteiger partial charge is 0.374 e. The number of aromatic nitrogens is 2. The molecule has 7 nitrogen and oxygen atoms in total. The van der Waals surface area contributed by atoms with Crippen molar-refractivity contribution in [2.45, 2.75) is 54.0 Å². The van der Waals surface area contributed by atoms with Crippen LogP contribution in [0.15, 0.2) is 24.3 Å². The van der Waals surface area contributed by atoms with E-state index < -0.39 is 5.41 Å². The average molecular weight is 547 g/mol. The van der Waals surface area contributed by atoms with Gasteiger partial charge in [-0.1, -0.05) is 57.0 Å². The van der Waals surface area contributed by atoms with Crippen LogP contribution in [0.2, 0.25) is 10.0 Å². The molecular formula is C28H37Cl2N5O2. The molecule has 0 spiro atoms. The third kappa shape index (κ3) is 6.39. The topological polar surface area (TPSA) is 79.3 Å². The van der Waals surface area contributed by atoms with E-state index in [2.05, 4.69) is 22.5 Å². The number of carbonyl (C=O) groups excluding carboxylic acids is 2. The molecule has 0 fully saturated rings. The molecule has 0 aliphatic rings. The fourth-order valence-electron chi connectivity index (χ4n) is 4.19. The van der Waals surface area contributed by atoms with Crippen LogP contribution in [0.4, 0.5) is 5.69 Å². The molecule has 0 radical (unpaired) electrons. The van der Waals surface area contributed by atoms with Gasteiger partial charge in [-0.2, -0.15) is 0 Å². The van der Waals surface area contributed by atoms with Crippen molar-refractivity contribution in [3.05, 3.63) is 56.8 Å². The van der Waals surface area contributed by atoms with Crippen molar-refractivity contribution in [2.75, 3.05) is 25.0 Å². The molecule has 0 aliphatic carbocycles. The first-order valence-electron chi connectivity index (χ1n) is 12.6. The highest BCUT2D eigenvalue weighted by atomic mass is 35.5. The lowest BCUT2D eigenvalue weighted by Crippen LogP contribution is -2.34. The summed E-state index contributed by atoms with van der Waals surface area (Å²) in [5, 5.41) is 6.91. The van der Waals surface area contributed by atoms with Crippen molar-refractivity contribution in [1.82, 2.24) is 20.2 Å². The lowest BCUT2D eigenvalue weighted by molar-refractivity contribution is -0.128. The van der Waals surface area contributed by atoms with Gasteiger partial charge in [0.05, 0.1) is 27.3 Å². The highest BCUT2D eigenvalue weighted by Gasteiger charge is 2.23. The van der Waals surface area contributed by atoms with E-state index in [1.165, 1.54) is 0 Å². The van der Waals surface area contributed by atoms with Crippen molar-refractivity contribution < 1.29 is 9.59 Å². The lowest BCUT2D eigenvalue weighted by Gasteiger charge is -2.22. The number of carbonyl (C=O) groups is 2. The Morgan fingerprint density at radius 3 is 2.43 bits per heavy atom. The van der Waals surface area contributed by atoms with Gasteiger partial charge in [-0.3, -0.25) is 9.59 Å².